The number of aromatic nitrogens is 2. The van der Waals surface area contributed by atoms with Crippen LogP contribution < -0.4 is 10.1 Å². The summed E-state index contributed by atoms with van der Waals surface area (Å²) in [6, 6.07) is 19.0. The van der Waals surface area contributed by atoms with Crippen LogP contribution in [-0.4, -0.2) is 28.5 Å². The van der Waals surface area contributed by atoms with Gasteiger partial charge in [0.2, 0.25) is 0 Å². The van der Waals surface area contributed by atoms with Crippen LogP contribution in [0.5, 0.6) is 5.75 Å². The quantitative estimate of drug-likeness (QED) is 0.271. The summed E-state index contributed by atoms with van der Waals surface area (Å²) in [5.41, 5.74) is -1.21. The van der Waals surface area contributed by atoms with Crippen LogP contribution in [0.15, 0.2) is 78.9 Å². The van der Waals surface area contributed by atoms with Gasteiger partial charge in [-0.15, -0.1) is 0 Å². The number of amides is 1. The third-order valence-electron chi connectivity index (χ3n) is 5.29. The number of carbonyl (C=O) groups excluding carboxylic acids is 1. The summed E-state index contributed by atoms with van der Waals surface area (Å²) in [5.74, 6) is -1.89. The number of halogens is 6. The van der Waals surface area contributed by atoms with E-state index in [0.29, 0.717) is 0 Å². The summed E-state index contributed by atoms with van der Waals surface area (Å²) in [5, 5.41) is 6.45. The number of nitrogens with zero attached hydrogens (tertiary/aromatic N) is 2. The van der Waals surface area contributed by atoms with E-state index in [0.717, 1.165) is 10.7 Å². The number of hydrogen-bond acceptors (Lipinski definition) is 3. The van der Waals surface area contributed by atoms with Crippen LogP contribution in [0.3, 0.4) is 0 Å². The van der Waals surface area contributed by atoms with Gasteiger partial charge >= 0.3 is 6.18 Å². The Balaban J connectivity index is 1.72. The van der Waals surface area contributed by atoms with Crippen molar-refractivity contribution >= 4 is 5.91 Å². The summed E-state index contributed by atoms with van der Waals surface area (Å²) in [4.78, 5) is 13.0. The van der Waals surface area contributed by atoms with Crippen LogP contribution in [0.2, 0.25) is 0 Å². The molecule has 1 aromatic heterocycles. The summed E-state index contributed by atoms with van der Waals surface area (Å²) in [7, 11) is 0. The predicted molar refractivity (Wildman–Crippen MR) is 123 cm³/mol. The van der Waals surface area contributed by atoms with E-state index in [-0.39, 0.29) is 34.8 Å². The molecule has 4 aromatic rings. The zero-order chi connectivity index (χ0) is 26.6. The lowest BCUT2D eigenvalue weighted by atomic mass is 10.0. The second-order valence-corrected chi connectivity index (χ2v) is 7.84. The molecule has 1 N–H and O–H groups in total. The molecule has 0 aliphatic heterocycles. The van der Waals surface area contributed by atoms with Gasteiger partial charge in [-0.25, -0.2) is 17.9 Å². The van der Waals surface area contributed by atoms with Crippen LogP contribution >= 0.6 is 0 Å². The molecule has 0 fully saturated rings. The van der Waals surface area contributed by atoms with Crippen molar-refractivity contribution in [3.63, 3.8) is 0 Å². The summed E-state index contributed by atoms with van der Waals surface area (Å²) >= 11 is 0. The molecule has 0 atom stereocenters. The highest BCUT2D eigenvalue weighted by Crippen LogP contribution is 2.36. The highest BCUT2D eigenvalue weighted by molar-refractivity contribution is 5.96. The van der Waals surface area contributed by atoms with Gasteiger partial charge in [0.05, 0.1) is 11.3 Å². The van der Waals surface area contributed by atoms with E-state index in [1.807, 2.05) is 0 Å². The van der Waals surface area contributed by atoms with Gasteiger partial charge < -0.3 is 10.1 Å². The van der Waals surface area contributed by atoms with Crippen molar-refractivity contribution < 1.29 is 35.9 Å². The molecule has 3 aromatic carbocycles. The Labute approximate surface area is 207 Å². The highest BCUT2D eigenvalue weighted by atomic mass is 19.4. The Bertz CT molecular complexity index is 1390. The molecule has 0 aliphatic rings. The Morgan fingerprint density at radius 1 is 0.946 bits per heavy atom. The highest BCUT2D eigenvalue weighted by Gasteiger charge is 2.31. The number of carbonyl (C=O) groups is 1. The zero-order valence-electron chi connectivity index (χ0n) is 19.0. The average molecular weight is 519 g/mol. The lowest BCUT2D eigenvalue weighted by Crippen LogP contribution is -2.25. The predicted octanol–water partition coefficient (Wildman–Crippen LogP) is 6.49. The molecule has 1 amide bonds. The van der Waals surface area contributed by atoms with Gasteiger partial charge in [-0.3, -0.25) is 4.79 Å². The maximum atomic E-state index is 14.6. The molecule has 1 heterocycles. The maximum absolute atomic E-state index is 14.6. The van der Waals surface area contributed by atoms with Crippen molar-refractivity contribution in [1.29, 1.82) is 0 Å². The van der Waals surface area contributed by atoms with Gasteiger partial charge in [0, 0.05) is 17.7 Å². The lowest BCUT2D eigenvalue weighted by molar-refractivity contribution is -0.153. The minimum absolute atomic E-state index is 0.129. The number of ether oxygens (including phenoxy) is 1. The number of nitrogens with one attached hydrogen (secondary N) is 1. The van der Waals surface area contributed by atoms with Gasteiger partial charge in [-0.1, -0.05) is 60.7 Å². The molecule has 192 valence electrons. The molecule has 0 spiro atoms. The van der Waals surface area contributed by atoms with Crippen molar-refractivity contribution in [2.24, 2.45) is 0 Å². The van der Waals surface area contributed by atoms with Crippen molar-refractivity contribution in [2.45, 2.75) is 19.1 Å². The van der Waals surface area contributed by atoms with Gasteiger partial charge in [0.15, 0.2) is 12.3 Å². The second-order valence-electron chi connectivity index (χ2n) is 7.84. The molecule has 0 aliphatic carbocycles. The fourth-order valence-electron chi connectivity index (χ4n) is 3.69. The minimum Gasteiger partial charge on any atom is -0.484 e. The van der Waals surface area contributed by atoms with Gasteiger partial charge in [0.25, 0.3) is 12.3 Å². The molecule has 11 heteroatoms. The first-order chi connectivity index (χ1) is 17.7. The van der Waals surface area contributed by atoms with Crippen molar-refractivity contribution in [1.82, 2.24) is 15.1 Å². The van der Waals surface area contributed by atoms with E-state index < -0.39 is 42.2 Å². The van der Waals surface area contributed by atoms with Crippen LogP contribution in [0.1, 0.15) is 28.0 Å². The van der Waals surface area contributed by atoms with Crippen LogP contribution in [0.25, 0.3) is 16.9 Å². The first-order valence-electron chi connectivity index (χ1n) is 10.9. The van der Waals surface area contributed by atoms with Crippen LogP contribution in [-0.2, 0) is 6.54 Å². The second kappa shape index (κ2) is 10.8. The SMILES string of the molecule is O=C(NCc1ccccc1OCC(F)(F)F)c1nn(-c2ccccc2F)c(-c2ccccc2)c1C(F)F. The van der Waals surface area contributed by atoms with E-state index in [1.165, 1.54) is 54.6 Å². The molecular formula is C26H19F6N3O2. The molecule has 4 rings (SSSR count). The fraction of sp³-hybridized carbons (Fsp3) is 0.154. The third kappa shape index (κ3) is 5.93. The zero-order valence-corrected chi connectivity index (χ0v) is 19.0. The smallest absolute Gasteiger partial charge is 0.422 e. The standard InChI is InChI=1S/C26H19F6N3O2/c27-18-11-5-6-12-19(18)35-23(16-8-2-1-3-9-16)21(24(28)29)22(34-35)25(36)33-14-17-10-4-7-13-20(17)37-15-26(30,31)32/h1-13,24H,14-15H2,(H,33,36). The molecule has 0 saturated carbocycles. The number of benzene rings is 3. The topological polar surface area (TPSA) is 56.1 Å². The number of para-hydroxylation sites is 2. The molecule has 5 nitrogen and oxygen atoms in total. The van der Waals surface area contributed by atoms with E-state index >= 15 is 0 Å². The first kappa shape index (κ1) is 25.8. The monoisotopic (exact) mass is 519 g/mol. The van der Waals surface area contributed by atoms with Crippen molar-refractivity contribution in [3.8, 4) is 22.7 Å². The lowest BCUT2D eigenvalue weighted by Gasteiger charge is -2.13. The first-order valence-corrected chi connectivity index (χ1v) is 10.9. The number of alkyl halides is 5. The molecule has 0 bridgehead atoms. The van der Waals surface area contributed by atoms with Crippen molar-refractivity contribution in [2.75, 3.05) is 6.61 Å². The average Bonchev–Trinajstić information content (AvgIpc) is 3.28. The summed E-state index contributed by atoms with van der Waals surface area (Å²) in [6.45, 7) is -1.87. The van der Waals surface area contributed by atoms with Crippen molar-refractivity contribution in [3.05, 3.63) is 102 Å². The Morgan fingerprint density at radius 2 is 1.59 bits per heavy atom. The molecule has 0 saturated heterocycles. The van der Waals surface area contributed by atoms with Crippen LogP contribution in [0.4, 0.5) is 26.3 Å². The fourth-order valence-corrected chi connectivity index (χ4v) is 3.69. The largest absolute Gasteiger partial charge is 0.484 e. The molecular weight excluding hydrogens is 500 g/mol. The Morgan fingerprint density at radius 3 is 2.27 bits per heavy atom. The molecule has 0 unspecified atom stereocenters. The Hall–Kier alpha value is -4.28. The minimum atomic E-state index is -4.57. The van der Waals surface area contributed by atoms with Crippen LogP contribution in [0, 0.1) is 5.82 Å². The normalized spacial score (nSPS) is 11.5. The van der Waals surface area contributed by atoms with E-state index in [9.17, 15) is 31.1 Å². The van der Waals surface area contributed by atoms with E-state index in [2.05, 4.69) is 10.4 Å². The van der Waals surface area contributed by atoms with Gasteiger partial charge in [-0.05, 0) is 18.2 Å². The van der Waals surface area contributed by atoms with E-state index in [4.69, 9.17) is 4.74 Å². The summed E-state index contributed by atoms with van der Waals surface area (Å²) in [6.07, 6.45) is -7.73. The third-order valence-corrected chi connectivity index (χ3v) is 5.29. The van der Waals surface area contributed by atoms with Gasteiger partial charge in [0.1, 0.15) is 17.3 Å². The summed E-state index contributed by atoms with van der Waals surface area (Å²) < 4.78 is 86.8. The number of hydrogen-bond donors (Lipinski definition) is 1. The number of rotatable bonds is 8. The molecule has 0 radical (unpaired) electrons. The maximum Gasteiger partial charge on any atom is 0.422 e. The molecule has 37 heavy (non-hydrogen) atoms. The van der Waals surface area contributed by atoms with Gasteiger partial charge in [-0.2, -0.15) is 18.3 Å². The Kier molecular flexibility index (Phi) is 7.51. The van der Waals surface area contributed by atoms with E-state index in [1.54, 1.807) is 18.2 Å².